The van der Waals surface area contributed by atoms with Crippen LogP contribution in [0.4, 0.5) is 0 Å². The minimum absolute atomic E-state index is 0.0339. The summed E-state index contributed by atoms with van der Waals surface area (Å²) in [4.78, 5) is 11.9. The highest BCUT2D eigenvalue weighted by Gasteiger charge is 2.29. The van der Waals surface area contributed by atoms with Gasteiger partial charge < -0.3 is 10.1 Å². The fourth-order valence-corrected chi connectivity index (χ4v) is 3.05. The highest BCUT2D eigenvalue weighted by molar-refractivity contribution is 5.69. The zero-order valence-corrected chi connectivity index (χ0v) is 11.8. The first-order chi connectivity index (χ1) is 8.55. The molecule has 1 saturated heterocycles. The Bertz CT molecular complexity index is 272. The summed E-state index contributed by atoms with van der Waals surface area (Å²) in [5.74, 6) is 0.574. The van der Waals surface area contributed by atoms with E-state index in [1.54, 1.807) is 0 Å². The van der Waals surface area contributed by atoms with E-state index in [1.807, 2.05) is 0 Å². The molecule has 1 aliphatic heterocycles. The Morgan fingerprint density at radius 1 is 1.17 bits per heavy atom. The minimum Gasteiger partial charge on any atom is -0.462 e. The molecule has 2 rings (SSSR count). The number of hydrogen-bond acceptors (Lipinski definition) is 3. The summed E-state index contributed by atoms with van der Waals surface area (Å²) < 4.78 is 5.63. The molecule has 1 saturated carbocycles. The Hall–Kier alpha value is -0.570. The van der Waals surface area contributed by atoms with Gasteiger partial charge in [0, 0.05) is 6.42 Å². The van der Waals surface area contributed by atoms with E-state index in [2.05, 4.69) is 19.2 Å². The molecule has 0 atom stereocenters. The average molecular weight is 253 g/mol. The van der Waals surface area contributed by atoms with Crippen LogP contribution in [0.15, 0.2) is 0 Å². The fourth-order valence-electron chi connectivity index (χ4n) is 3.05. The van der Waals surface area contributed by atoms with Crippen LogP contribution >= 0.6 is 0 Å². The molecule has 2 fully saturated rings. The minimum atomic E-state index is 0.0339. The quantitative estimate of drug-likeness (QED) is 0.786. The van der Waals surface area contributed by atoms with Crippen molar-refractivity contribution in [1.29, 1.82) is 0 Å². The zero-order valence-electron chi connectivity index (χ0n) is 11.8. The van der Waals surface area contributed by atoms with E-state index in [9.17, 15) is 4.79 Å². The molecule has 0 aromatic rings. The molecule has 0 aromatic heterocycles. The van der Waals surface area contributed by atoms with Crippen LogP contribution in [-0.2, 0) is 9.53 Å². The standard InChI is InChI=1S/C15H27NO2/c1-15(2)7-3-13(4-8-15)18-14(17)11-12-5-9-16-10-6-12/h12-13,16H,3-11H2,1-2H3. The van der Waals surface area contributed by atoms with Gasteiger partial charge in [0.2, 0.25) is 0 Å². The number of rotatable bonds is 3. The number of hydrogen-bond donors (Lipinski definition) is 1. The topological polar surface area (TPSA) is 38.3 Å². The lowest BCUT2D eigenvalue weighted by Crippen LogP contribution is -2.31. The molecule has 0 unspecified atom stereocenters. The molecule has 18 heavy (non-hydrogen) atoms. The Balaban J connectivity index is 1.68. The van der Waals surface area contributed by atoms with Crippen LogP contribution in [0.2, 0.25) is 0 Å². The summed E-state index contributed by atoms with van der Waals surface area (Å²) in [5.41, 5.74) is 0.442. The van der Waals surface area contributed by atoms with E-state index < -0.39 is 0 Å². The van der Waals surface area contributed by atoms with Gasteiger partial charge in [-0.1, -0.05) is 13.8 Å². The third kappa shape index (κ3) is 4.27. The van der Waals surface area contributed by atoms with E-state index in [0.29, 0.717) is 17.8 Å². The molecule has 0 bridgehead atoms. The summed E-state index contributed by atoms with van der Waals surface area (Å²) >= 11 is 0. The molecule has 0 amide bonds. The Labute approximate surface area is 111 Å². The average Bonchev–Trinajstić information content (AvgIpc) is 2.33. The Morgan fingerprint density at radius 3 is 2.39 bits per heavy atom. The first kappa shape index (κ1) is 13.9. The Morgan fingerprint density at radius 2 is 1.78 bits per heavy atom. The molecule has 2 aliphatic rings. The van der Waals surface area contributed by atoms with Gasteiger partial charge in [-0.2, -0.15) is 0 Å². The van der Waals surface area contributed by atoms with Crippen molar-refractivity contribution in [2.24, 2.45) is 11.3 Å². The maximum Gasteiger partial charge on any atom is 0.306 e. The lowest BCUT2D eigenvalue weighted by Gasteiger charge is -2.34. The lowest BCUT2D eigenvalue weighted by molar-refractivity contribution is -0.153. The smallest absolute Gasteiger partial charge is 0.306 e. The number of ether oxygens (including phenoxy) is 1. The van der Waals surface area contributed by atoms with Gasteiger partial charge in [-0.3, -0.25) is 4.79 Å². The van der Waals surface area contributed by atoms with Crippen LogP contribution in [0.3, 0.4) is 0 Å². The van der Waals surface area contributed by atoms with Crippen LogP contribution in [0.25, 0.3) is 0 Å². The van der Waals surface area contributed by atoms with Crippen molar-refractivity contribution >= 4 is 5.97 Å². The van der Waals surface area contributed by atoms with Crippen molar-refractivity contribution in [2.75, 3.05) is 13.1 Å². The molecule has 104 valence electrons. The number of piperidine rings is 1. The van der Waals surface area contributed by atoms with Gasteiger partial charge in [0.1, 0.15) is 6.10 Å². The summed E-state index contributed by atoms with van der Waals surface area (Å²) in [5, 5.41) is 3.33. The van der Waals surface area contributed by atoms with Crippen LogP contribution in [0, 0.1) is 11.3 Å². The van der Waals surface area contributed by atoms with E-state index in [4.69, 9.17) is 4.74 Å². The second-order valence-electron chi connectivity index (χ2n) is 6.75. The van der Waals surface area contributed by atoms with Crippen molar-refractivity contribution in [2.45, 2.75) is 64.9 Å². The van der Waals surface area contributed by atoms with Crippen molar-refractivity contribution in [1.82, 2.24) is 5.32 Å². The molecule has 1 aliphatic carbocycles. The number of esters is 1. The van der Waals surface area contributed by atoms with Crippen LogP contribution in [-0.4, -0.2) is 25.2 Å². The largest absolute Gasteiger partial charge is 0.462 e. The molecule has 1 heterocycles. The third-order valence-electron chi connectivity index (χ3n) is 4.50. The predicted molar refractivity (Wildman–Crippen MR) is 72.3 cm³/mol. The van der Waals surface area contributed by atoms with Crippen LogP contribution < -0.4 is 5.32 Å². The molecule has 1 N–H and O–H groups in total. The van der Waals surface area contributed by atoms with Gasteiger partial charge in [-0.05, 0) is 62.9 Å². The SMILES string of the molecule is CC1(C)CCC(OC(=O)CC2CCNCC2)CC1. The second-order valence-corrected chi connectivity index (χ2v) is 6.75. The monoisotopic (exact) mass is 253 g/mol. The summed E-state index contributed by atoms with van der Waals surface area (Å²) in [6.07, 6.45) is 7.50. The third-order valence-corrected chi connectivity index (χ3v) is 4.50. The van der Waals surface area contributed by atoms with E-state index in [1.165, 1.54) is 12.8 Å². The molecule has 3 nitrogen and oxygen atoms in total. The molecular weight excluding hydrogens is 226 g/mol. The number of carbonyl (C=O) groups excluding carboxylic acids is 1. The van der Waals surface area contributed by atoms with Gasteiger partial charge in [0.25, 0.3) is 0 Å². The predicted octanol–water partition coefficient (Wildman–Crippen LogP) is 2.89. The highest BCUT2D eigenvalue weighted by atomic mass is 16.5. The molecule has 0 radical (unpaired) electrons. The van der Waals surface area contributed by atoms with E-state index in [-0.39, 0.29) is 12.1 Å². The highest BCUT2D eigenvalue weighted by Crippen LogP contribution is 2.36. The van der Waals surface area contributed by atoms with Gasteiger partial charge in [0.05, 0.1) is 0 Å². The number of nitrogens with one attached hydrogen (secondary N) is 1. The van der Waals surface area contributed by atoms with Gasteiger partial charge in [-0.25, -0.2) is 0 Å². The van der Waals surface area contributed by atoms with Crippen molar-refractivity contribution < 1.29 is 9.53 Å². The van der Waals surface area contributed by atoms with Crippen molar-refractivity contribution in [3.63, 3.8) is 0 Å². The lowest BCUT2D eigenvalue weighted by atomic mass is 9.76. The maximum absolute atomic E-state index is 11.9. The van der Waals surface area contributed by atoms with Crippen LogP contribution in [0.5, 0.6) is 0 Å². The summed E-state index contributed by atoms with van der Waals surface area (Å²) in [6, 6.07) is 0. The normalized spacial score (nSPS) is 25.9. The summed E-state index contributed by atoms with van der Waals surface area (Å²) in [6.45, 7) is 6.71. The van der Waals surface area contributed by atoms with Gasteiger partial charge >= 0.3 is 5.97 Å². The second kappa shape index (κ2) is 6.05. The van der Waals surface area contributed by atoms with Crippen LogP contribution in [0.1, 0.15) is 58.8 Å². The first-order valence-electron chi connectivity index (χ1n) is 7.45. The van der Waals surface area contributed by atoms with E-state index >= 15 is 0 Å². The van der Waals surface area contributed by atoms with E-state index in [0.717, 1.165) is 38.8 Å². The number of carbonyl (C=O) groups is 1. The molecule has 3 heteroatoms. The van der Waals surface area contributed by atoms with Crippen molar-refractivity contribution in [3.8, 4) is 0 Å². The maximum atomic E-state index is 11.9. The van der Waals surface area contributed by atoms with Gasteiger partial charge in [-0.15, -0.1) is 0 Å². The van der Waals surface area contributed by atoms with Gasteiger partial charge in [0.15, 0.2) is 0 Å². The molecule has 0 aromatic carbocycles. The first-order valence-corrected chi connectivity index (χ1v) is 7.45. The Kier molecular flexibility index (Phi) is 4.66. The van der Waals surface area contributed by atoms with Crippen molar-refractivity contribution in [3.05, 3.63) is 0 Å². The molecule has 0 spiro atoms. The molecular formula is C15H27NO2. The zero-order chi connectivity index (χ0) is 13.0. The fraction of sp³-hybridized carbons (Fsp3) is 0.933. The summed E-state index contributed by atoms with van der Waals surface area (Å²) in [7, 11) is 0.